The molecule has 2 heterocycles. The summed E-state index contributed by atoms with van der Waals surface area (Å²) < 4.78 is 2.20. The number of nitrogens with two attached hydrogens (primary N) is 1. The van der Waals surface area contributed by atoms with Gasteiger partial charge in [-0.2, -0.15) is 0 Å². The molecule has 26 heavy (non-hydrogen) atoms. The van der Waals surface area contributed by atoms with Crippen molar-refractivity contribution in [3.05, 3.63) is 70.9 Å². The van der Waals surface area contributed by atoms with Gasteiger partial charge in [0.15, 0.2) is 0 Å². The Bertz CT molecular complexity index is 941. The van der Waals surface area contributed by atoms with Crippen LogP contribution in [0, 0.1) is 5.92 Å². The van der Waals surface area contributed by atoms with Crippen molar-refractivity contribution >= 4 is 28.4 Å². The van der Waals surface area contributed by atoms with Crippen molar-refractivity contribution in [1.29, 1.82) is 0 Å². The maximum atomic E-state index is 11.4. The van der Waals surface area contributed by atoms with Crippen LogP contribution in [0.25, 0.3) is 10.9 Å². The Hall–Kier alpha value is -2.46. The van der Waals surface area contributed by atoms with Gasteiger partial charge in [-0.3, -0.25) is 9.47 Å². The molecule has 1 aliphatic heterocycles. The SMILES string of the molecule is NC(=O)c1ccc2c(ccn2N2CCC(Cc3ccccc3Cl)CC2)c1. The molecular weight excluding hydrogens is 346 g/mol. The Balaban J connectivity index is 1.46. The molecule has 3 aromatic rings. The molecule has 5 heteroatoms. The zero-order chi connectivity index (χ0) is 18.1. The van der Waals surface area contributed by atoms with Crippen LogP contribution in [0.1, 0.15) is 28.8 Å². The number of fused-ring (bicyclic) bond motifs is 1. The molecule has 0 unspecified atom stereocenters. The van der Waals surface area contributed by atoms with Crippen molar-refractivity contribution < 1.29 is 4.79 Å². The molecule has 2 N–H and O–H groups in total. The first-order chi connectivity index (χ1) is 12.6. The van der Waals surface area contributed by atoms with Crippen LogP contribution in [-0.2, 0) is 6.42 Å². The Labute approximate surface area is 158 Å². The van der Waals surface area contributed by atoms with Gasteiger partial charge >= 0.3 is 0 Å². The molecule has 0 radical (unpaired) electrons. The third-order valence-corrected chi connectivity index (χ3v) is 5.68. The molecule has 0 saturated carbocycles. The maximum Gasteiger partial charge on any atom is 0.248 e. The lowest BCUT2D eigenvalue weighted by Gasteiger charge is -2.35. The fraction of sp³-hybridized carbons (Fsp3) is 0.286. The lowest BCUT2D eigenvalue weighted by atomic mass is 9.91. The Morgan fingerprint density at radius 1 is 1.12 bits per heavy atom. The van der Waals surface area contributed by atoms with E-state index in [0.29, 0.717) is 11.5 Å². The number of halogens is 1. The van der Waals surface area contributed by atoms with Gasteiger partial charge in [0.2, 0.25) is 5.91 Å². The summed E-state index contributed by atoms with van der Waals surface area (Å²) in [4.78, 5) is 11.4. The van der Waals surface area contributed by atoms with Gasteiger partial charge in [0, 0.05) is 35.3 Å². The van der Waals surface area contributed by atoms with Crippen molar-refractivity contribution in [1.82, 2.24) is 4.68 Å². The molecule has 4 rings (SSSR count). The lowest BCUT2D eigenvalue weighted by molar-refractivity contribution is 0.100. The monoisotopic (exact) mass is 367 g/mol. The second-order valence-corrected chi connectivity index (χ2v) is 7.40. The summed E-state index contributed by atoms with van der Waals surface area (Å²) in [5.74, 6) is 0.273. The predicted molar refractivity (Wildman–Crippen MR) is 106 cm³/mol. The number of carbonyl (C=O) groups excluding carboxylic acids is 1. The van der Waals surface area contributed by atoms with E-state index in [1.165, 1.54) is 5.56 Å². The Kier molecular flexibility index (Phi) is 4.60. The number of amides is 1. The molecule has 2 aromatic carbocycles. The molecular formula is C21H22ClN3O. The average Bonchev–Trinajstić information content (AvgIpc) is 3.07. The molecule has 1 aromatic heterocycles. The normalized spacial score (nSPS) is 15.5. The van der Waals surface area contributed by atoms with Crippen LogP contribution in [0.4, 0.5) is 0 Å². The number of benzene rings is 2. The van der Waals surface area contributed by atoms with Crippen molar-refractivity contribution in [3.63, 3.8) is 0 Å². The number of hydrogen-bond acceptors (Lipinski definition) is 2. The molecule has 0 spiro atoms. The minimum atomic E-state index is -0.389. The number of carbonyl (C=O) groups is 1. The Morgan fingerprint density at radius 2 is 1.88 bits per heavy atom. The van der Waals surface area contributed by atoms with Crippen LogP contribution in [0.2, 0.25) is 5.02 Å². The van der Waals surface area contributed by atoms with Gasteiger partial charge in [0.25, 0.3) is 0 Å². The summed E-state index contributed by atoms with van der Waals surface area (Å²) >= 11 is 6.31. The van der Waals surface area contributed by atoms with Crippen LogP contribution < -0.4 is 10.7 Å². The summed E-state index contributed by atoms with van der Waals surface area (Å²) in [6, 6.07) is 15.8. The molecule has 1 fully saturated rings. The van der Waals surface area contributed by atoms with E-state index in [4.69, 9.17) is 17.3 Å². The second-order valence-electron chi connectivity index (χ2n) is 6.99. The number of rotatable bonds is 4. The fourth-order valence-corrected chi connectivity index (χ4v) is 4.05. The van der Waals surface area contributed by atoms with Crippen LogP contribution in [0.5, 0.6) is 0 Å². The molecule has 1 saturated heterocycles. The van der Waals surface area contributed by atoms with E-state index in [-0.39, 0.29) is 5.91 Å². The highest BCUT2D eigenvalue weighted by molar-refractivity contribution is 6.31. The van der Waals surface area contributed by atoms with Gasteiger partial charge in [-0.25, -0.2) is 0 Å². The minimum Gasteiger partial charge on any atom is -0.366 e. The number of primary amides is 1. The average molecular weight is 368 g/mol. The fourth-order valence-electron chi connectivity index (χ4n) is 3.84. The highest BCUT2D eigenvalue weighted by atomic mass is 35.5. The van der Waals surface area contributed by atoms with Gasteiger partial charge < -0.3 is 10.7 Å². The van der Waals surface area contributed by atoms with Crippen LogP contribution in [-0.4, -0.2) is 23.7 Å². The standard InChI is InChI=1S/C21H22ClN3O/c22-19-4-2-1-3-16(19)13-15-7-10-24(11-8-15)25-12-9-17-14-18(21(23)26)5-6-20(17)25/h1-6,9,12,14-15H,7-8,10-11,13H2,(H2,23,26). The van der Waals surface area contributed by atoms with Crippen LogP contribution >= 0.6 is 11.6 Å². The highest BCUT2D eigenvalue weighted by Gasteiger charge is 2.21. The van der Waals surface area contributed by atoms with Gasteiger partial charge in [-0.05, 0) is 61.1 Å². The first-order valence-corrected chi connectivity index (χ1v) is 9.39. The first kappa shape index (κ1) is 17.0. The van der Waals surface area contributed by atoms with E-state index in [1.54, 1.807) is 6.07 Å². The maximum absolute atomic E-state index is 11.4. The second kappa shape index (κ2) is 7.04. The predicted octanol–water partition coefficient (Wildman–Crippen LogP) is 3.98. The topological polar surface area (TPSA) is 51.3 Å². The van der Waals surface area contributed by atoms with E-state index < -0.39 is 0 Å². The summed E-state index contributed by atoms with van der Waals surface area (Å²) in [5, 5.41) is 4.28. The van der Waals surface area contributed by atoms with Crippen molar-refractivity contribution in [2.45, 2.75) is 19.3 Å². The molecule has 1 aliphatic rings. The molecule has 134 valence electrons. The van der Waals surface area contributed by atoms with Gasteiger partial charge in [0.05, 0.1) is 5.52 Å². The molecule has 0 aliphatic carbocycles. The van der Waals surface area contributed by atoms with Gasteiger partial charge in [0.1, 0.15) is 0 Å². The van der Waals surface area contributed by atoms with Crippen molar-refractivity contribution in [2.24, 2.45) is 11.7 Å². The van der Waals surface area contributed by atoms with Crippen LogP contribution in [0.3, 0.4) is 0 Å². The molecule has 4 nitrogen and oxygen atoms in total. The molecule has 1 amide bonds. The zero-order valence-corrected chi connectivity index (χ0v) is 15.3. The number of aromatic nitrogens is 1. The third-order valence-electron chi connectivity index (χ3n) is 5.32. The van der Waals surface area contributed by atoms with Crippen LogP contribution in [0.15, 0.2) is 54.7 Å². The summed E-state index contributed by atoms with van der Waals surface area (Å²) in [5.41, 5.74) is 8.29. The molecule has 0 bridgehead atoms. The van der Waals surface area contributed by atoms with E-state index in [1.807, 2.05) is 30.3 Å². The van der Waals surface area contributed by atoms with E-state index in [0.717, 1.165) is 48.3 Å². The number of hydrogen-bond donors (Lipinski definition) is 1. The smallest absolute Gasteiger partial charge is 0.248 e. The van der Waals surface area contributed by atoms with E-state index in [9.17, 15) is 4.79 Å². The van der Waals surface area contributed by atoms with E-state index in [2.05, 4.69) is 28.0 Å². The van der Waals surface area contributed by atoms with Gasteiger partial charge in [-0.15, -0.1) is 0 Å². The van der Waals surface area contributed by atoms with Gasteiger partial charge in [-0.1, -0.05) is 29.8 Å². The first-order valence-electron chi connectivity index (χ1n) is 9.01. The van der Waals surface area contributed by atoms with Crippen molar-refractivity contribution in [3.8, 4) is 0 Å². The minimum absolute atomic E-state index is 0.389. The largest absolute Gasteiger partial charge is 0.366 e. The third kappa shape index (κ3) is 3.29. The number of nitrogens with zero attached hydrogens (tertiary/aromatic N) is 2. The summed E-state index contributed by atoms with van der Waals surface area (Å²) in [6.45, 7) is 2.02. The highest BCUT2D eigenvalue weighted by Crippen LogP contribution is 2.26. The number of piperidine rings is 1. The lowest BCUT2D eigenvalue weighted by Crippen LogP contribution is -2.41. The molecule has 0 atom stereocenters. The summed E-state index contributed by atoms with van der Waals surface area (Å²) in [7, 11) is 0. The van der Waals surface area contributed by atoms with E-state index >= 15 is 0 Å². The summed E-state index contributed by atoms with van der Waals surface area (Å²) in [6.07, 6.45) is 5.40. The quantitative estimate of drug-likeness (QED) is 0.758. The zero-order valence-electron chi connectivity index (χ0n) is 14.6. The Morgan fingerprint density at radius 3 is 2.62 bits per heavy atom. The van der Waals surface area contributed by atoms with Crippen molar-refractivity contribution in [2.75, 3.05) is 18.1 Å².